The molecule has 2 rings (SSSR count). The number of amides is 2. The van der Waals surface area contributed by atoms with Crippen LogP contribution in [0.1, 0.15) is 37.0 Å². The molecule has 0 bridgehead atoms. The number of hydrogen-bond acceptors (Lipinski definition) is 5. The number of hydrogen-bond donors (Lipinski definition) is 1. The molecular weight excluding hydrogens is 318 g/mol. The molecule has 0 aliphatic heterocycles. The first-order valence-corrected chi connectivity index (χ1v) is 8.32. The van der Waals surface area contributed by atoms with Crippen LogP contribution in [-0.4, -0.2) is 39.5 Å². The Labute approximate surface area is 138 Å². The fourth-order valence-corrected chi connectivity index (χ4v) is 3.29. The van der Waals surface area contributed by atoms with Gasteiger partial charge in [-0.25, -0.2) is 0 Å². The molecule has 124 valence electrons. The third kappa shape index (κ3) is 4.22. The largest absolute Gasteiger partial charge is 0.366 e. The standard InChI is InChI=1S/C15H19N3O4S/c1-9(2)17(11-4-5-11)14(19)8-23-13-6-3-10(15(16)20)7-12(13)18(21)22/h3,6-7,9,11H,4-5,8H2,1-2H3,(H2,16,20). The van der Waals surface area contributed by atoms with Gasteiger partial charge in [-0.1, -0.05) is 0 Å². The minimum absolute atomic E-state index is 0.0271. The monoisotopic (exact) mass is 337 g/mol. The first kappa shape index (κ1) is 17.3. The van der Waals surface area contributed by atoms with Gasteiger partial charge in [0.2, 0.25) is 11.8 Å². The number of carbonyl (C=O) groups is 2. The van der Waals surface area contributed by atoms with E-state index in [2.05, 4.69) is 0 Å². The van der Waals surface area contributed by atoms with E-state index in [0.717, 1.165) is 30.7 Å². The number of carbonyl (C=O) groups excluding carboxylic acids is 2. The van der Waals surface area contributed by atoms with Crippen molar-refractivity contribution in [2.75, 3.05) is 5.75 Å². The van der Waals surface area contributed by atoms with Crippen LogP contribution in [0.25, 0.3) is 0 Å². The van der Waals surface area contributed by atoms with Gasteiger partial charge in [0, 0.05) is 23.7 Å². The number of benzene rings is 1. The van der Waals surface area contributed by atoms with E-state index in [9.17, 15) is 19.7 Å². The van der Waals surface area contributed by atoms with Gasteiger partial charge in [-0.2, -0.15) is 0 Å². The summed E-state index contributed by atoms with van der Waals surface area (Å²) >= 11 is 1.11. The van der Waals surface area contributed by atoms with Gasteiger partial charge in [-0.15, -0.1) is 11.8 Å². The fraction of sp³-hybridized carbons (Fsp3) is 0.467. The van der Waals surface area contributed by atoms with E-state index < -0.39 is 10.8 Å². The van der Waals surface area contributed by atoms with Crippen LogP contribution >= 0.6 is 11.8 Å². The van der Waals surface area contributed by atoms with Gasteiger partial charge in [-0.3, -0.25) is 19.7 Å². The molecule has 1 aliphatic rings. The lowest BCUT2D eigenvalue weighted by Gasteiger charge is -2.26. The predicted octanol–water partition coefficient (Wildman–Crippen LogP) is 2.19. The van der Waals surface area contributed by atoms with Crippen LogP contribution in [0.4, 0.5) is 5.69 Å². The summed E-state index contributed by atoms with van der Waals surface area (Å²) in [6, 6.07) is 4.46. The Morgan fingerprint density at radius 1 is 1.43 bits per heavy atom. The van der Waals surface area contributed by atoms with Crippen molar-refractivity contribution in [3.8, 4) is 0 Å². The molecule has 0 saturated heterocycles. The van der Waals surface area contributed by atoms with Crippen molar-refractivity contribution in [3.05, 3.63) is 33.9 Å². The number of nitro benzene ring substituents is 1. The summed E-state index contributed by atoms with van der Waals surface area (Å²) in [6.07, 6.45) is 2.03. The van der Waals surface area contributed by atoms with E-state index in [0.29, 0.717) is 10.9 Å². The molecule has 0 aromatic heterocycles. The van der Waals surface area contributed by atoms with Crippen molar-refractivity contribution in [1.29, 1.82) is 0 Å². The van der Waals surface area contributed by atoms with Gasteiger partial charge in [-0.05, 0) is 38.8 Å². The molecule has 8 heteroatoms. The summed E-state index contributed by atoms with van der Waals surface area (Å²) < 4.78 is 0. The van der Waals surface area contributed by atoms with Gasteiger partial charge in [0.1, 0.15) is 0 Å². The average molecular weight is 337 g/mol. The Bertz CT molecular complexity index is 642. The smallest absolute Gasteiger partial charge is 0.283 e. The third-order valence-electron chi connectivity index (χ3n) is 3.58. The maximum absolute atomic E-state index is 12.4. The number of nitro groups is 1. The summed E-state index contributed by atoms with van der Waals surface area (Å²) in [5.74, 6) is -0.618. The van der Waals surface area contributed by atoms with Gasteiger partial charge in [0.05, 0.1) is 15.6 Å². The van der Waals surface area contributed by atoms with Crippen molar-refractivity contribution in [3.63, 3.8) is 0 Å². The zero-order chi connectivity index (χ0) is 17.1. The number of nitrogens with two attached hydrogens (primary N) is 1. The molecule has 1 fully saturated rings. The number of nitrogens with zero attached hydrogens (tertiary/aromatic N) is 2. The van der Waals surface area contributed by atoms with E-state index in [1.807, 2.05) is 18.7 Å². The molecule has 0 unspecified atom stereocenters. The van der Waals surface area contributed by atoms with Crippen molar-refractivity contribution < 1.29 is 14.5 Å². The minimum atomic E-state index is -0.722. The number of primary amides is 1. The average Bonchev–Trinajstić information content (AvgIpc) is 3.29. The van der Waals surface area contributed by atoms with E-state index in [-0.39, 0.29) is 29.0 Å². The van der Waals surface area contributed by atoms with Gasteiger partial charge in [0.25, 0.3) is 5.69 Å². The molecule has 1 aliphatic carbocycles. The molecule has 1 aromatic carbocycles. The van der Waals surface area contributed by atoms with Gasteiger partial charge < -0.3 is 10.6 Å². The van der Waals surface area contributed by atoms with Crippen molar-refractivity contribution in [1.82, 2.24) is 4.90 Å². The van der Waals surface area contributed by atoms with E-state index in [1.54, 1.807) is 0 Å². The van der Waals surface area contributed by atoms with E-state index in [1.165, 1.54) is 12.1 Å². The molecule has 0 spiro atoms. The lowest BCUT2D eigenvalue weighted by atomic mass is 10.2. The highest BCUT2D eigenvalue weighted by Crippen LogP contribution is 2.33. The Kier molecular flexibility index (Phi) is 5.25. The first-order valence-electron chi connectivity index (χ1n) is 7.33. The maximum Gasteiger partial charge on any atom is 0.283 e. The van der Waals surface area contributed by atoms with Gasteiger partial charge >= 0.3 is 0 Å². The van der Waals surface area contributed by atoms with Crippen LogP contribution < -0.4 is 5.73 Å². The Morgan fingerprint density at radius 3 is 2.57 bits per heavy atom. The highest BCUT2D eigenvalue weighted by atomic mass is 32.2. The lowest BCUT2D eigenvalue weighted by molar-refractivity contribution is -0.387. The Balaban J connectivity index is 2.11. The third-order valence-corrected chi connectivity index (χ3v) is 4.62. The van der Waals surface area contributed by atoms with Crippen molar-refractivity contribution in [2.45, 2.75) is 43.7 Å². The Morgan fingerprint density at radius 2 is 2.09 bits per heavy atom. The second kappa shape index (κ2) is 6.99. The summed E-state index contributed by atoms with van der Waals surface area (Å²) in [4.78, 5) is 36.3. The van der Waals surface area contributed by atoms with Crippen molar-refractivity contribution >= 4 is 29.3 Å². The van der Waals surface area contributed by atoms with Gasteiger partial charge in [0.15, 0.2) is 0 Å². The topological polar surface area (TPSA) is 107 Å². The molecule has 0 heterocycles. The normalized spacial score (nSPS) is 13.9. The number of rotatable bonds is 7. The Hall–Kier alpha value is -2.09. The van der Waals surface area contributed by atoms with E-state index in [4.69, 9.17) is 5.73 Å². The zero-order valence-electron chi connectivity index (χ0n) is 13.0. The summed E-state index contributed by atoms with van der Waals surface area (Å²) in [6.45, 7) is 3.93. The molecule has 2 amide bonds. The highest BCUT2D eigenvalue weighted by molar-refractivity contribution is 8.00. The predicted molar refractivity (Wildman–Crippen MR) is 87.3 cm³/mol. The molecule has 1 aromatic rings. The zero-order valence-corrected chi connectivity index (χ0v) is 13.8. The summed E-state index contributed by atoms with van der Waals surface area (Å²) in [5.41, 5.74) is 5.01. The SMILES string of the molecule is CC(C)N(C(=O)CSc1ccc(C(N)=O)cc1[N+](=O)[O-])C1CC1. The molecule has 7 nitrogen and oxygen atoms in total. The second-order valence-electron chi connectivity index (χ2n) is 5.72. The molecule has 1 saturated carbocycles. The number of thioether (sulfide) groups is 1. The molecule has 23 heavy (non-hydrogen) atoms. The second-order valence-corrected chi connectivity index (χ2v) is 6.74. The summed E-state index contributed by atoms with van der Waals surface area (Å²) in [7, 11) is 0. The van der Waals surface area contributed by atoms with Crippen LogP contribution in [0.2, 0.25) is 0 Å². The van der Waals surface area contributed by atoms with Crippen molar-refractivity contribution in [2.24, 2.45) is 5.73 Å². The minimum Gasteiger partial charge on any atom is -0.366 e. The maximum atomic E-state index is 12.4. The highest BCUT2D eigenvalue weighted by Gasteiger charge is 2.34. The van der Waals surface area contributed by atoms with Crippen LogP contribution in [0.15, 0.2) is 23.1 Å². The van der Waals surface area contributed by atoms with Crippen LogP contribution in [0.5, 0.6) is 0 Å². The molecule has 0 radical (unpaired) electrons. The van der Waals surface area contributed by atoms with Crippen LogP contribution in [0, 0.1) is 10.1 Å². The summed E-state index contributed by atoms with van der Waals surface area (Å²) in [5, 5.41) is 11.1. The quantitative estimate of drug-likeness (QED) is 0.466. The lowest BCUT2D eigenvalue weighted by Crippen LogP contribution is -2.39. The molecule has 0 atom stereocenters. The van der Waals surface area contributed by atoms with E-state index >= 15 is 0 Å². The molecule has 2 N–H and O–H groups in total. The van der Waals surface area contributed by atoms with Crippen LogP contribution in [-0.2, 0) is 4.79 Å². The first-order chi connectivity index (χ1) is 10.8. The van der Waals surface area contributed by atoms with Crippen LogP contribution in [0.3, 0.4) is 0 Å². The fourth-order valence-electron chi connectivity index (χ4n) is 2.42. The molecular formula is C15H19N3O4S.